The number of hydrogen-bond donors (Lipinski definition) is 9. The van der Waals surface area contributed by atoms with Crippen LogP contribution in [-0.4, -0.2) is 85.8 Å². The summed E-state index contributed by atoms with van der Waals surface area (Å²) in [5.41, 5.74) is 22.3. The van der Waals surface area contributed by atoms with E-state index < -0.39 is 60.8 Å². The molecule has 3 rings (SSSR count). The summed E-state index contributed by atoms with van der Waals surface area (Å²) in [5.74, 6) is -3.42. The minimum atomic E-state index is -1.11. The number of carbonyl (C=O) groups is 5. The molecule has 1 aliphatic rings. The smallest absolute Gasteiger partial charge is 0.243 e. The van der Waals surface area contributed by atoms with E-state index in [4.69, 9.17) is 22.9 Å². The summed E-state index contributed by atoms with van der Waals surface area (Å²) < 4.78 is 0. The first-order chi connectivity index (χ1) is 21.5. The maximum absolute atomic E-state index is 13.7. The van der Waals surface area contributed by atoms with Crippen LogP contribution in [0.4, 0.5) is 0 Å². The zero-order valence-corrected chi connectivity index (χ0v) is 24.9. The fourth-order valence-electron chi connectivity index (χ4n) is 4.68. The molecule has 1 aliphatic heterocycles. The Balaban J connectivity index is 1.89. The standard InChI is InChI=1S/C29H41N11O5/c30-28(31)34-11-3-7-20-26(44)39-21(8-4-12-35-29(32)33)27(45)40-22(25(43)37-15-23(41)36-16-24(42)38-20)14-17-9-10-18-5-1-2-6-19(18)13-17/h1-2,5-6,9-10,13,20-22H,3-4,7-8,11-12,14-16H2,(H,36,41)(H,37,43)(H,38,42)(H,39,44)(H,40,45)(H4,30,31,34)(H4,32,33,35)/t20-,21-,22-/m0/s1. The van der Waals surface area contributed by atoms with E-state index in [1.807, 2.05) is 42.5 Å². The first-order valence-corrected chi connectivity index (χ1v) is 14.5. The van der Waals surface area contributed by atoms with Gasteiger partial charge in [0, 0.05) is 19.5 Å². The van der Waals surface area contributed by atoms with Gasteiger partial charge in [0.15, 0.2) is 11.9 Å². The highest BCUT2D eigenvalue weighted by Gasteiger charge is 2.30. The van der Waals surface area contributed by atoms with E-state index in [1.165, 1.54) is 0 Å². The Hall–Kier alpha value is -5.41. The normalized spacial score (nSPS) is 19.9. The van der Waals surface area contributed by atoms with Gasteiger partial charge in [0.25, 0.3) is 0 Å². The lowest BCUT2D eigenvalue weighted by atomic mass is 10.0. The lowest BCUT2D eigenvalue weighted by molar-refractivity contribution is -0.133. The molecule has 0 radical (unpaired) electrons. The summed E-state index contributed by atoms with van der Waals surface area (Å²) in [6.07, 6.45) is 1.00. The SMILES string of the molecule is NC(N)=NCCC[C@@H]1NC(=O)CNC(=O)CNC(=O)[C@H](Cc2ccc3ccccc3c2)NC(=O)[C@H](CCCN=C(N)N)NC1=O. The summed E-state index contributed by atoms with van der Waals surface area (Å²) in [4.78, 5) is 73.2. The number of nitrogens with two attached hydrogens (primary N) is 4. The van der Waals surface area contributed by atoms with Crippen molar-refractivity contribution in [3.8, 4) is 0 Å². The lowest BCUT2D eigenvalue weighted by Gasteiger charge is -2.25. The number of rotatable bonds is 10. The lowest BCUT2D eigenvalue weighted by Crippen LogP contribution is -2.57. The summed E-state index contributed by atoms with van der Waals surface area (Å²) in [6, 6.07) is 10.1. The highest BCUT2D eigenvalue weighted by atomic mass is 16.2. The Labute approximate surface area is 260 Å². The Morgan fingerprint density at radius 3 is 1.82 bits per heavy atom. The molecule has 16 heteroatoms. The van der Waals surface area contributed by atoms with Crippen molar-refractivity contribution >= 4 is 52.2 Å². The third-order valence-corrected chi connectivity index (χ3v) is 6.93. The van der Waals surface area contributed by atoms with E-state index in [2.05, 4.69) is 36.6 Å². The van der Waals surface area contributed by atoms with Gasteiger partial charge in [-0.25, -0.2) is 0 Å². The van der Waals surface area contributed by atoms with Crippen molar-refractivity contribution in [3.05, 3.63) is 48.0 Å². The van der Waals surface area contributed by atoms with Gasteiger partial charge in [-0.3, -0.25) is 34.0 Å². The molecule has 1 saturated heterocycles. The number of carbonyl (C=O) groups excluding carboxylic acids is 5. The second kappa shape index (κ2) is 17.0. The van der Waals surface area contributed by atoms with Gasteiger partial charge in [-0.15, -0.1) is 0 Å². The molecule has 45 heavy (non-hydrogen) atoms. The molecule has 0 saturated carbocycles. The third kappa shape index (κ3) is 11.7. The molecule has 2 aromatic rings. The van der Waals surface area contributed by atoms with Crippen LogP contribution in [0.3, 0.4) is 0 Å². The van der Waals surface area contributed by atoms with Gasteiger partial charge in [-0.05, 0) is 42.0 Å². The van der Waals surface area contributed by atoms with Crippen molar-refractivity contribution in [2.24, 2.45) is 32.9 Å². The Morgan fingerprint density at radius 1 is 0.644 bits per heavy atom. The molecular formula is C29H41N11O5. The van der Waals surface area contributed by atoms with Crippen LogP contribution < -0.4 is 49.5 Å². The maximum atomic E-state index is 13.7. The van der Waals surface area contributed by atoms with Crippen molar-refractivity contribution in [2.45, 2.75) is 50.2 Å². The fraction of sp³-hybridized carbons (Fsp3) is 0.414. The van der Waals surface area contributed by atoms with Crippen LogP contribution in [0.25, 0.3) is 10.8 Å². The zero-order chi connectivity index (χ0) is 32.8. The zero-order valence-electron chi connectivity index (χ0n) is 24.9. The van der Waals surface area contributed by atoms with Crippen molar-refractivity contribution in [1.29, 1.82) is 0 Å². The highest BCUT2D eigenvalue weighted by Crippen LogP contribution is 2.17. The molecule has 1 fully saturated rings. The average Bonchev–Trinajstić information content (AvgIpc) is 3.00. The molecule has 0 bridgehead atoms. The van der Waals surface area contributed by atoms with Crippen LogP contribution in [0.1, 0.15) is 31.2 Å². The van der Waals surface area contributed by atoms with Crippen LogP contribution in [0.2, 0.25) is 0 Å². The van der Waals surface area contributed by atoms with E-state index in [0.717, 1.165) is 16.3 Å². The van der Waals surface area contributed by atoms with Crippen molar-refractivity contribution in [1.82, 2.24) is 26.6 Å². The quantitative estimate of drug-likeness (QED) is 0.0749. The van der Waals surface area contributed by atoms with Gasteiger partial charge in [-0.1, -0.05) is 42.5 Å². The number of nitrogens with zero attached hydrogens (tertiary/aromatic N) is 2. The van der Waals surface area contributed by atoms with Gasteiger partial charge in [-0.2, -0.15) is 0 Å². The van der Waals surface area contributed by atoms with Crippen molar-refractivity contribution in [2.75, 3.05) is 26.2 Å². The largest absolute Gasteiger partial charge is 0.370 e. The second-order valence-electron chi connectivity index (χ2n) is 10.5. The number of amides is 5. The Morgan fingerprint density at radius 2 is 1.20 bits per heavy atom. The number of nitrogens with one attached hydrogen (secondary N) is 5. The van der Waals surface area contributed by atoms with Gasteiger partial charge in [0.05, 0.1) is 13.1 Å². The molecule has 0 aliphatic carbocycles. The van der Waals surface area contributed by atoms with E-state index in [0.29, 0.717) is 12.8 Å². The monoisotopic (exact) mass is 623 g/mol. The third-order valence-electron chi connectivity index (χ3n) is 6.93. The van der Waals surface area contributed by atoms with Gasteiger partial charge >= 0.3 is 0 Å². The first kappa shape index (κ1) is 34.1. The molecule has 0 aromatic heterocycles. The van der Waals surface area contributed by atoms with E-state index >= 15 is 0 Å². The first-order valence-electron chi connectivity index (χ1n) is 14.5. The Kier molecular flexibility index (Phi) is 12.9. The highest BCUT2D eigenvalue weighted by molar-refractivity contribution is 5.96. The molecule has 1 heterocycles. The van der Waals surface area contributed by atoms with E-state index in [9.17, 15) is 24.0 Å². The Bertz CT molecular complexity index is 1440. The molecule has 2 aromatic carbocycles. The average molecular weight is 624 g/mol. The van der Waals surface area contributed by atoms with Crippen LogP contribution >= 0.6 is 0 Å². The summed E-state index contributed by atoms with van der Waals surface area (Å²) >= 11 is 0. The number of hydrogen-bond acceptors (Lipinski definition) is 7. The fourth-order valence-corrected chi connectivity index (χ4v) is 4.68. The van der Waals surface area contributed by atoms with Crippen LogP contribution in [0.15, 0.2) is 52.4 Å². The van der Waals surface area contributed by atoms with Gasteiger partial charge in [0.2, 0.25) is 29.5 Å². The van der Waals surface area contributed by atoms with E-state index in [-0.39, 0.29) is 44.3 Å². The number of benzene rings is 2. The molecule has 16 nitrogen and oxygen atoms in total. The number of fused-ring (bicyclic) bond motifs is 1. The molecular weight excluding hydrogens is 582 g/mol. The van der Waals surface area contributed by atoms with Gasteiger partial charge in [0.1, 0.15) is 18.1 Å². The van der Waals surface area contributed by atoms with Crippen LogP contribution in [0.5, 0.6) is 0 Å². The molecule has 13 N–H and O–H groups in total. The topological polar surface area (TPSA) is 274 Å². The molecule has 0 spiro atoms. The minimum Gasteiger partial charge on any atom is -0.370 e. The number of aliphatic imine (C=N–C) groups is 2. The molecule has 5 amide bonds. The molecule has 0 unspecified atom stereocenters. The summed E-state index contributed by atoms with van der Waals surface area (Å²) in [5, 5.41) is 14.9. The summed E-state index contributed by atoms with van der Waals surface area (Å²) in [7, 11) is 0. The van der Waals surface area contributed by atoms with Crippen LogP contribution in [-0.2, 0) is 30.4 Å². The van der Waals surface area contributed by atoms with Gasteiger partial charge < -0.3 is 49.5 Å². The number of guanidine groups is 2. The maximum Gasteiger partial charge on any atom is 0.243 e. The van der Waals surface area contributed by atoms with Crippen molar-refractivity contribution in [3.63, 3.8) is 0 Å². The van der Waals surface area contributed by atoms with Crippen LogP contribution in [0, 0.1) is 0 Å². The van der Waals surface area contributed by atoms with Crippen molar-refractivity contribution < 1.29 is 24.0 Å². The minimum absolute atomic E-state index is 0.103. The van der Waals surface area contributed by atoms with E-state index in [1.54, 1.807) is 0 Å². The molecule has 242 valence electrons. The summed E-state index contributed by atoms with van der Waals surface area (Å²) in [6.45, 7) is -0.482. The second-order valence-corrected chi connectivity index (χ2v) is 10.5. The predicted molar refractivity (Wildman–Crippen MR) is 169 cm³/mol. The molecule has 3 atom stereocenters. The predicted octanol–water partition coefficient (Wildman–Crippen LogP) is -2.81.